The molecule has 0 saturated carbocycles. The van der Waals surface area contributed by atoms with Gasteiger partial charge in [-0.1, -0.05) is 23.9 Å². The average molecular weight is 388 g/mol. The van der Waals surface area contributed by atoms with Gasteiger partial charge in [0, 0.05) is 30.8 Å². The molecule has 0 N–H and O–H groups in total. The number of nitro benzene ring substituents is 1. The first-order valence-corrected chi connectivity index (χ1v) is 9.55. The number of carbonyl (C=O) groups excluding carboxylic acids is 1. The third-order valence-corrected chi connectivity index (χ3v) is 5.01. The van der Waals surface area contributed by atoms with Crippen LogP contribution < -0.4 is 0 Å². The molecule has 2 heterocycles. The number of carbonyl (C=O) groups is 1. The minimum atomic E-state index is -0.444. The second kappa shape index (κ2) is 8.45. The van der Waals surface area contributed by atoms with E-state index in [1.807, 2.05) is 18.7 Å². The molecule has 2 atom stereocenters. The fraction of sp³-hybridized carbons (Fsp3) is 0.389. The van der Waals surface area contributed by atoms with E-state index in [9.17, 15) is 14.9 Å². The largest absolute Gasteiger partial charge is 0.372 e. The number of aromatic nitrogens is 2. The summed E-state index contributed by atoms with van der Waals surface area (Å²) in [6.45, 7) is 5.12. The highest BCUT2D eigenvalue weighted by Crippen LogP contribution is 2.23. The van der Waals surface area contributed by atoms with Gasteiger partial charge in [0.05, 0.1) is 28.6 Å². The molecule has 0 aliphatic carbocycles. The van der Waals surface area contributed by atoms with Crippen LogP contribution in [0, 0.1) is 10.1 Å². The number of rotatable bonds is 5. The Hall–Kier alpha value is -2.52. The van der Waals surface area contributed by atoms with E-state index < -0.39 is 4.92 Å². The van der Waals surface area contributed by atoms with Crippen molar-refractivity contribution < 1.29 is 14.5 Å². The molecule has 2 unspecified atom stereocenters. The van der Waals surface area contributed by atoms with Gasteiger partial charge < -0.3 is 9.64 Å². The molecule has 27 heavy (non-hydrogen) atoms. The van der Waals surface area contributed by atoms with Gasteiger partial charge in [-0.3, -0.25) is 14.9 Å². The number of hydrogen-bond donors (Lipinski definition) is 0. The maximum atomic E-state index is 12.4. The summed E-state index contributed by atoms with van der Waals surface area (Å²) >= 11 is 1.32. The quantitative estimate of drug-likeness (QED) is 0.441. The summed E-state index contributed by atoms with van der Waals surface area (Å²) in [5, 5.41) is 19.8. The van der Waals surface area contributed by atoms with Crippen LogP contribution in [0.15, 0.2) is 41.4 Å². The van der Waals surface area contributed by atoms with Crippen LogP contribution in [0.4, 0.5) is 5.69 Å². The molecule has 1 fully saturated rings. The first-order valence-electron chi connectivity index (χ1n) is 8.57. The van der Waals surface area contributed by atoms with E-state index in [0.29, 0.717) is 29.4 Å². The summed E-state index contributed by atoms with van der Waals surface area (Å²) in [5.41, 5.74) is 1.18. The van der Waals surface area contributed by atoms with Crippen molar-refractivity contribution in [3.05, 3.63) is 46.5 Å². The Kier molecular flexibility index (Phi) is 6.02. The van der Waals surface area contributed by atoms with E-state index in [4.69, 9.17) is 4.74 Å². The van der Waals surface area contributed by atoms with Gasteiger partial charge in [0.25, 0.3) is 5.69 Å². The Morgan fingerprint density at radius 3 is 2.63 bits per heavy atom. The van der Waals surface area contributed by atoms with Gasteiger partial charge in [0.1, 0.15) is 5.03 Å². The Bertz CT molecular complexity index is 820. The molecular weight excluding hydrogens is 368 g/mol. The maximum Gasteiger partial charge on any atom is 0.270 e. The van der Waals surface area contributed by atoms with Crippen molar-refractivity contribution in [3.8, 4) is 11.3 Å². The zero-order valence-electron chi connectivity index (χ0n) is 15.1. The summed E-state index contributed by atoms with van der Waals surface area (Å²) in [6.07, 6.45) is 0.0772. The number of morpholine rings is 1. The van der Waals surface area contributed by atoms with Crippen molar-refractivity contribution in [2.45, 2.75) is 31.1 Å². The van der Waals surface area contributed by atoms with E-state index in [1.54, 1.807) is 24.3 Å². The van der Waals surface area contributed by atoms with Crippen LogP contribution in [-0.2, 0) is 9.53 Å². The van der Waals surface area contributed by atoms with Crippen LogP contribution in [0.3, 0.4) is 0 Å². The van der Waals surface area contributed by atoms with Gasteiger partial charge >= 0.3 is 0 Å². The standard InChI is InChI=1S/C18H20N4O4S/c1-12-9-21(10-13(2)26-12)18(23)11-27-17-7-6-16(19-20-17)14-4-3-5-15(8-14)22(24)25/h3-8,12-13H,9-11H2,1-2H3. The van der Waals surface area contributed by atoms with Crippen LogP contribution in [0.25, 0.3) is 11.3 Å². The maximum absolute atomic E-state index is 12.4. The molecule has 142 valence electrons. The lowest BCUT2D eigenvalue weighted by atomic mass is 10.1. The molecule has 1 aromatic carbocycles. The third kappa shape index (κ3) is 5.01. The number of hydrogen-bond acceptors (Lipinski definition) is 7. The molecule has 0 bridgehead atoms. The Morgan fingerprint density at radius 2 is 2.00 bits per heavy atom. The van der Waals surface area contributed by atoms with Crippen LogP contribution in [-0.4, -0.2) is 57.0 Å². The van der Waals surface area contributed by atoms with Gasteiger partial charge in [0.15, 0.2) is 0 Å². The van der Waals surface area contributed by atoms with E-state index >= 15 is 0 Å². The zero-order chi connectivity index (χ0) is 19.4. The highest BCUT2D eigenvalue weighted by Gasteiger charge is 2.25. The van der Waals surface area contributed by atoms with E-state index in [0.717, 1.165) is 0 Å². The highest BCUT2D eigenvalue weighted by molar-refractivity contribution is 7.99. The molecule has 1 aliphatic rings. The predicted molar refractivity (Wildman–Crippen MR) is 101 cm³/mol. The normalized spacial score (nSPS) is 19.7. The SMILES string of the molecule is CC1CN(C(=O)CSc2ccc(-c3cccc([N+](=O)[O-])c3)nn2)CC(C)O1. The fourth-order valence-corrected chi connectivity index (χ4v) is 3.66. The van der Waals surface area contributed by atoms with E-state index in [1.165, 1.54) is 23.9 Å². The number of thioether (sulfide) groups is 1. The summed E-state index contributed by atoms with van der Waals surface area (Å²) in [6, 6.07) is 9.76. The second-order valence-corrected chi connectivity index (χ2v) is 7.40. The summed E-state index contributed by atoms with van der Waals surface area (Å²) in [5.74, 6) is 0.330. The van der Waals surface area contributed by atoms with Gasteiger partial charge in [-0.15, -0.1) is 10.2 Å². The average Bonchev–Trinajstić information content (AvgIpc) is 2.66. The minimum Gasteiger partial charge on any atom is -0.372 e. The summed E-state index contributed by atoms with van der Waals surface area (Å²) < 4.78 is 5.64. The molecular formula is C18H20N4O4S. The molecule has 2 aromatic rings. The molecule has 1 aromatic heterocycles. The topological polar surface area (TPSA) is 98.5 Å². The number of nitrogens with zero attached hydrogens (tertiary/aromatic N) is 4. The van der Waals surface area contributed by atoms with Gasteiger partial charge in [-0.25, -0.2) is 0 Å². The van der Waals surface area contributed by atoms with Crippen LogP contribution >= 0.6 is 11.8 Å². The van der Waals surface area contributed by atoms with Crippen molar-refractivity contribution >= 4 is 23.4 Å². The smallest absolute Gasteiger partial charge is 0.270 e. The van der Waals surface area contributed by atoms with Crippen LogP contribution in [0.1, 0.15) is 13.8 Å². The molecule has 1 amide bonds. The lowest BCUT2D eigenvalue weighted by Crippen LogP contribution is -2.48. The van der Waals surface area contributed by atoms with Gasteiger partial charge in [-0.2, -0.15) is 0 Å². The van der Waals surface area contributed by atoms with E-state index in [-0.39, 0.29) is 29.6 Å². The van der Waals surface area contributed by atoms with Gasteiger partial charge in [0.2, 0.25) is 5.91 Å². The van der Waals surface area contributed by atoms with Crippen molar-refractivity contribution in [2.24, 2.45) is 0 Å². The monoisotopic (exact) mass is 388 g/mol. The molecule has 3 rings (SSSR count). The number of amides is 1. The number of ether oxygens (including phenoxy) is 1. The lowest BCUT2D eigenvalue weighted by Gasteiger charge is -2.35. The molecule has 0 spiro atoms. The second-order valence-electron chi connectivity index (χ2n) is 6.41. The van der Waals surface area contributed by atoms with Crippen molar-refractivity contribution in [2.75, 3.05) is 18.8 Å². The fourth-order valence-electron chi connectivity index (χ4n) is 2.94. The van der Waals surface area contributed by atoms with E-state index in [2.05, 4.69) is 10.2 Å². The Morgan fingerprint density at radius 1 is 1.26 bits per heavy atom. The summed E-state index contributed by atoms with van der Waals surface area (Å²) in [7, 11) is 0. The van der Waals surface area contributed by atoms with Crippen molar-refractivity contribution in [3.63, 3.8) is 0 Å². The predicted octanol–water partition coefficient (Wildman–Crippen LogP) is 2.78. The molecule has 1 aliphatic heterocycles. The van der Waals surface area contributed by atoms with Gasteiger partial charge in [-0.05, 0) is 26.0 Å². The Labute approximate surface area is 161 Å². The molecule has 1 saturated heterocycles. The molecule has 0 radical (unpaired) electrons. The number of benzene rings is 1. The Balaban J connectivity index is 1.60. The molecule has 8 nitrogen and oxygen atoms in total. The first kappa shape index (κ1) is 19.2. The zero-order valence-corrected chi connectivity index (χ0v) is 15.9. The number of nitro groups is 1. The van der Waals surface area contributed by atoms with Crippen LogP contribution in [0.2, 0.25) is 0 Å². The van der Waals surface area contributed by atoms with Crippen molar-refractivity contribution in [1.82, 2.24) is 15.1 Å². The van der Waals surface area contributed by atoms with Crippen molar-refractivity contribution in [1.29, 1.82) is 0 Å². The van der Waals surface area contributed by atoms with Crippen LogP contribution in [0.5, 0.6) is 0 Å². The highest BCUT2D eigenvalue weighted by atomic mass is 32.2. The summed E-state index contributed by atoms with van der Waals surface area (Å²) in [4.78, 5) is 24.6. The third-order valence-electron chi connectivity index (χ3n) is 4.11. The molecule has 9 heteroatoms. The lowest BCUT2D eigenvalue weighted by molar-refractivity contribution is -0.384. The number of non-ortho nitro benzene ring substituents is 1. The first-order chi connectivity index (χ1) is 12.9. The minimum absolute atomic E-state index is 0.00677.